The van der Waals surface area contributed by atoms with Crippen LogP contribution in [0.3, 0.4) is 0 Å². The molecule has 1 aliphatic rings. The second-order valence-corrected chi connectivity index (χ2v) is 5.15. The second-order valence-electron chi connectivity index (χ2n) is 3.22. The maximum Gasteiger partial charge on any atom is 0.287 e. The van der Waals surface area contributed by atoms with Gasteiger partial charge in [-0.05, 0) is 18.2 Å². The molecule has 5 nitrogen and oxygen atoms in total. The summed E-state index contributed by atoms with van der Waals surface area (Å²) in [6.07, 6.45) is 2.84. The summed E-state index contributed by atoms with van der Waals surface area (Å²) < 4.78 is 27.0. The van der Waals surface area contributed by atoms with E-state index in [0.29, 0.717) is 0 Å². The van der Waals surface area contributed by atoms with Gasteiger partial charge in [-0.1, -0.05) is 0 Å². The summed E-state index contributed by atoms with van der Waals surface area (Å²) in [4.78, 5) is 11.4. The Morgan fingerprint density at radius 1 is 1.53 bits per heavy atom. The lowest BCUT2D eigenvalue weighted by Gasteiger charge is -2.07. The molecule has 0 saturated heterocycles. The van der Waals surface area contributed by atoms with E-state index >= 15 is 0 Å². The average molecular weight is 227 g/mol. The van der Waals surface area contributed by atoms with Gasteiger partial charge in [-0.25, -0.2) is 8.42 Å². The van der Waals surface area contributed by atoms with Crippen LogP contribution in [0.15, 0.2) is 34.3 Å². The first kappa shape index (κ1) is 9.97. The predicted octanol–water partition coefficient (Wildman–Crippen LogP) is 0.320. The number of hydrogen-bond acceptors (Lipinski definition) is 4. The van der Waals surface area contributed by atoms with Crippen molar-refractivity contribution in [2.75, 3.05) is 5.75 Å². The van der Waals surface area contributed by atoms with Crippen molar-refractivity contribution < 1.29 is 17.6 Å². The number of carbonyl (C=O) groups is 1. The summed E-state index contributed by atoms with van der Waals surface area (Å²) in [5, 5.41) is 3.65. The molecule has 6 heteroatoms. The van der Waals surface area contributed by atoms with Gasteiger partial charge in [0, 0.05) is 5.41 Å². The fourth-order valence-electron chi connectivity index (χ4n) is 1.31. The minimum absolute atomic E-state index is 0.0839. The summed E-state index contributed by atoms with van der Waals surface area (Å²) >= 11 is 0. The molecular formula is C9H9NO4S. The molecular weight excluding hydrogens is 218 g/mol. The van der Waals surface area contributed by atoms with Gasteiger partial charge in [0.1, 0.15) is 0 Å². The Kier molecular flexibility index (Phi) is 2.36. The molecule has 0 bridgehead atoms. The maximum absolute atomic E-state index is 11.4. The minimum Gasteiger partial charge on any atom is -0.459 e. The normalized spacial score (nSPS) is 22.8. The smallest absolute Gasteiger partial charge is 0.287 e. The number of sulfone groups is 1. The van der Waals surface area contributed by atoms with E-state index in [2.05, 4.69) is 5.32 Å². The van der Waals surface area contributed by atoms with E-state index in [0.717, 1.165) is 5.41 Å². The molecule has 0 radical (unpaired) electrons. The molecule has 1 aromatic heterocycles. The van der Waals surface area contributed by atoms with E-state index in [4.69, 9.17) is 4.42 Å². The molecule has 1 atom stereocenters. The molecule has 0 aliphatic carbocycles. The van der Waals surface area contributed by atoms with Gasteiger partial charge in [-0.15, -0.1) is 0 Å². The molecule has 1 aromatic rings. The van der Waals surface area contributed by atoms with E-state index in [1.807, 2.05) is 0 Å². The first-order valence-electron chi connectivity index (χ1n) is 4.32. The lowest BCUT2D eigenvalue weighted by atomic mass is 10.3. The van der Waals surface area contributed by atoms with Crippen molar-refractivity contribution in [2.45, 2.75) is 6.04 Å². The van der Waals surface area contributed by atoms with Crippen molar-refractivity contribution in [1.29, 1.82) is 0 Å². The van der Waals surface area contributed by atoms with E-state index in [9.17, 15) is 13.2 Å². The number of rotatable bonds is 2. The Bertz CT molecular complexity index is 486. The maximum atomic E-state index is 11.4. The predicted molar refractivity (Wildman–Crippen MR) is 52.9 cm³/mol. The first-order chi connectivity index (χ1) is 7.07. The third kappa shape index (κ3) is 2.27. The third-order valence-electron chi connectivity index (χ3n) is 1.99. The average Bonchev–Trinajstić information content (AvgIpc) is 2.74. The molecule has 15 heavy (non-hydrogen) atoms. The van der Waals surface area contributed by atoms with Crippen molar-refractivity contribution in [1.82, 2.24) is 5.32 Å². The van der Waals surface area contributed by atoms with Crippen molar-refractivity contribution in [3.63, 3.8) is 0 Å². The first-order valence-corrected chi connectivity index (χ1v) is 6.04. The van der Waals surface area contributed by atoms with Crippen LogP contribution in [-0.4, -0.2) is 26.1 Å². The molecule has 1 N–H and O–H groups in total. The summed E-state index contributed by atoms with van der Waals surface area (Å²) in [6.45, 7) is 0. The highest BCUT2D eigenvalue weighted by atomic mass is 32.2. The van der Waals surface area contributed by atoms with E-state index < -0.39 is 21.8 Å². The van der Waals surface area contributed by atoms with Crippen LogP contribution in [0.5, 0.6) is 0 Å². The van der Waals surface area contributed by atoms with Crippen molar-refractivity contribution in [2.24, 2.45) is 0 Å². The number of hydrogen-bond donors (Lipinski definition) is 1. The number of carbonyl (C=O) groups excluding carboxylic acids is 1. The van der Waals surface area contributed by atoms with Crippen LogP contribution >= 0.6 is 0 Å². The SMILES string of the molecule is O=C(NC1C=CS(=O)(=O)C1)c1ccco1. The Labute approximate surface area is 86.7 Å². The van der Waals surface area contributed by atoms with Gasteiger partial charge in [0.15, 0.2) is 15.6 Å². The van der Waals surface area contributed by atoms with Gasteiger partial charge in [0.2, 0.25) is 0 Å². The van der Waals surface area contributed by atoms with E-state index in [1.165, 1.54) is 18.4 Å². The van der Waals surface area contributed by atoms with Crippen molar-refractivity contribution in [3.05, 3.63) is 35.6 Å². The van der Waals surface area contributed by atoms with Crippen LogP contribution in [0.1, 0.15) is 10.6 Å². The Balaban J connectivity index is 2.01. The minimum atomic E-state index is -3.14. The van der Waals surface area contributed by atoms with Gasteiger partial charge in [0.25, 0.3) is 5.91 Å². The van der Waals surface area contributed by atoms with E-state index in [-0.39, 0.29) is 11.5 Å². The molecule has 0 fully saturated rings. The molecule has 0 spiro atoms. The van der Waals surface area contributed by atoms with Gasteiger partial charge in [0.05, 0.1) is 18.1 Å². The zero-order valence-electron chi connectivity index (χ0n) is 7.71. The van der Waals surface area contributed by atoms with Gasteiger partial charge < -0.3 is 9.73 Å². The van der Waals surface area contributed by atoms with Crippen LogP contribution in [0.4, 0.5) is 0 Å². The highest BCUT2D eigenvalue weighted by molar-refractivity contribution is 7.94. The molecule has 1 unspecified atom stereocenters. The quantitative estimate of drug-likeness (QED) is 0.789. The van der Waals surface area contributed by atoms with Crippen LogP contribution in [0, 0.1) is 0 Å². The number of amides is 1. The second kappa shape index (κ2) is 3.54. The Morgan fingerprint density at radius 2 is 2.33 bits per heavy atom. The zero-order valence-corrected chi connectivity index (χ0v) is 8.53. The topological polar surface area (TPSA) is 76.4 Å². The van der Waals surface area contributed by atoms with Crippen LogP contribution < -0.4 is 5.32 Å². The third-order valence-corrected chi connectivity index (χ3v) is 3.39. The molecule has 80 valence electrons. The lowest BCUT2D eigenvalue weighted by Crippen LogP contribution is -2.35. The number of nitrogens with one attached hydrogen (secondary N) is 1. The summed E-state index contributed by atoms with van der Waals surface area (Å²) in [5.74, 6) is -0.321. The largest absolute Gasteiger partial charge is 0.459 e. The zero-order chi connectivity index (χ0) is 10.9. The summed E-state index contributed by atoms with van der Waals surface area (Å²) in [5.41, 5.74) is 0. The standard InChI is InChI=1S/C9H9NO4S/c11-9(8-2-1-4-14-8)10-7-3-5-15(12,13)6-7/h1-5,7H,6H2,(H,10,11). The molecule has 0 aromatic carbocycles. The van der Waals surface area contributed by atoms with Gasteiger partial charge in [-0.2, -0.15) is 0 Å². The van der Waals surface area contributed by atoms with E-state index in [1.54, 1.807) is 6.07 Å². The van der Waals surface area contributed by atoms with Crippen LogP contribution in [-0.2, 0) is 9.84 Å². The molecule has 2 heterocycles. The summed E-state index contributed by atoms with van der Waals surface area (Å²) in [7, 11) is -3.14. The summed E-state index contributed by atoms with van der Waals surface area (Å²) in [6, 6.07) is 2.64. The fourth-order valence-corrected chi connectivity index (χ4v) is 2.55. The van der Waals surface area contributed by atoms with Crippen molar-refractivity contribution >= 4 is 15.7 Å². The highest BCUT2D eigenvalue weighted by Crippen LogP contribution is 2.09. The van der Waals surface area contributed by atoms with Gasteiger partial charge >= 0.3 is 0 Å². The molecule has 2 rings (SSSR count). The molecule has 1 amide bonds. The molecule has 1 aliphatic heterocycles. The fraction of sp³-hybridized carbons (Fsp3) is 0.222. The highest BCUT2D eigenvalue weighted by Gasteiger charge is 2.23. The Morgan fingerprint density at radius 3 is 2.87 bits per heavy atom. The lowest BCUT2D eigenvalue weighted by molar-refractivity contribution is 0.0920. The van der Waals surface area contributed by atoms with Crippen LogP contribution in [0.2, 0.25) is 0 Å². The van der Waals surface area contributed by atoms with Crippen molar-refractivity contribution in [3.8, 4) is 0 Å². The van der Waals surface area contributed by atoms with Crippen LogP contribution in [0.25, 0.3) is 0 Å². The monoisotopic (exact) mass is 227 g/mol. The molecule has 0 saturated carbocycles. The van der Waals surface area contributed by atoms with Gasteiger partial charge in [-0.3, -0.25) is 4.79 Å². The number of furan rings is 1. The Hall–Kier alpha value is -1.56.